The van der Waals surface area contributed by atoms with Gasteiger partial charge in [0.25, 0.3) is 0 Å². The van der Waals surface area contributed by atoms with Gasteiger partial charge >= 0.3 is 5.97 Å². The van der Waals surface area contributed by atoms with Gasteiger partial charge in [-0.25, -0.2) is 0 Å². The Kier molecular flexibility index (Phi) is 6.76. The summed E-state index contributed by atoms with van der Waals surface area (Å²) in [6.45, 7) is 5.60. The van der Waals surface area contributed by atoms with Crippen molar-refractivity contribution in [3.8, 4) is 0 Å². The van der Waals surface area contributed by atoms with Crippen LogP contribution in [-0.4, -0.2) is 26.2 Å². The van der Waals surface area contributed by atoms with Crippen molar-refractivity contribution >= 4 is 5.97 Å². The molecule has 0 aliphatic heterocycles. The van der Waals surface area contributed by atoms with Crippen LogP contribution >= 0.6 is 0 Å². The topological polar surface area (TPSA) is 38.3 Å². The van der Waals surface area contributed by atoms with E-state index in [0.717, 1.165) is 18.9 Å². The monoisotopic (exact) mass is 173 g/mol. The number of methoxy groups -OCH3 is 1. The van der Waals surface area contributed by atoms with Gasteiger partial charge in [-0.15, -0.1) is 0 Å². The second-order valence-corrected chi connectivity index (χ2v) is 3.06. The van der Waals surface area contributed by atoms with Crippen molar-refractivity contribution in [2.75, 3.05) is 20.2 Å². The second-order valence-electron chi connectivity index (χ2n) is 3.06. The average Bonchev–Trinajstić information content (AvgIpc) is 2.11. The Morgan fingerprint density at radius 1 is 1.58 bits per heavy atom. The maximum absolute atomic E-state index is 10.6. The minimum atomic E-state index is -0.195. The predicted octanol–water partition coefficient (Wildman–Crippen LogP) is 1.19. The molecule has 0 bridgehead atoms. The van der Waals surface area contributed by atoms with Gasteiger partial charge in [0, 0.05) is 0 Å². The first-order chi connectivity index (χ1) is 5.70. The van der Waals surface area contributed by atoms with Crippen LogP contribution in [0.15, 0.2) is 0 Å². The molecular formula is C9H19NO2. The zero-order chi connectivity index (χ0) is 9.40. The average molecular weight is 173 g/mol. The third kappa shape index (κ3) is 6.16. The minimum absolute atomic E-state index is 0.195. The maximum Gasteiger partial charge on any atom is 0.319 e. The van der Waals surface area contributed by atoms with E-state index in [0.29, 0.717) is 6.54 Å². The molecule has 3 nitrogen and oxygen atoms in total. The summed E-state index contributed by atoms with van der Waals surface area (Å²) in [6.07, 6.45) is 2.31. The predicted molar refractivity (Wildman–Crippen MR) is 49.0 cm³/mol. The van der Waals surface area contributed by atoms with Crippen LogP contribution in [0.2, 0.25) is 0 Å². The number of ether oxygens (including phenoxy) is 1. The molecule has 0 amide bonds. The van der Waals surface area contributed by atoms with Crippen LogP contribution in [0.1, 0.15) is 26.7 Å². The van der Waals surface area contributed by atoms with Gasteiger partial charge < -0.3 is 10.1 Å². The molecule has 0 saturated heterocycles. The first-order valence-corrected chi connectivity index (χ1v) is 4.48. The molecule has 1 unspecified atom stereocenters. The Bertz CT molecular complexity index is 126. The summed E-state index contributed by atoms with van der Waals surface area (Å²) in [4.78, 5) is 10.6. The smallest absolute Gasteiger partial charge is 0.319 e. The lowest BCUT2D eigenvalue weighted by molar-refractivity contribution is -0.139. The number of nitrogens with one attached hydrogen (secondary N) is 1. The zero-order valence-corrected chi connectivity index (χ0v) is 8.22. The summed E-state index contributed by atoms with van der Waals surface area (Å²) >= 11 is 0. The van der Waals surface area contributed by atoms with Crippen molar-refractivity contribution in [3.63, 3.8) is 0 Å². The summed E-state index contributed by atoms with van der Waals surface area (Å²) in [5.74, 6) is 0.536. The van der Waals surface area contributed by atoms with E-state index in [2.05, 4.69) is 23.9 Å². The van der Waals surface area contributed by atoms with Gasteiger partial charge in [0.1, 0.15) is 0 Å². The van der Waals surface area contributed by atoms with E-state index >= 15 is 0 Å². The summed E-state index contributed by atoms with van der Waals surface area (Å²) in [5, 5.41) is 3.03. The molecule has 0 spiro atoms. The van der Waals surface area contributed by atoms with Gasteiger partial charge in [-0.1, -0.05) is 20.3 Å². The number of hydrogen-bond donors (Lipinski definition) is 1. The standard InChI is InChI=1S/C9H19NO2/c1-4-8(2)5-6-10-7-9(11)12-3/h8,10H,4-7H2,1-3H3. The molecule has 0 rings (SSSR count). The van der Waals surface area contributed by atoms with Gasteiger partial charge in [-0.3, -0.25) is 4.79 Å². The maximum atomic E-state index is 10.6. The molecule has 0 aromatic rings. The van der Waals surface area contributed by atoms with Crippen LogP contribution in [0.25, 0.3) is 0 Å². The Morgan fingerprint density at radius 3 is 2.75 bits per heavy atom. The number of rotatable bonds is 6. The lowest BCUT2D eigenvalue weighted by Crippen LogP contribution is -2.25. The van der Waals surface area contributed by atoms with E-state index in [-0.39, 0.29) is 5.97 Å². The van der Waals surface area contributed by atoms with Crippen LogP contribution in [0.3, 0.4) is 0 Å². The molecule has 0 aliphatic carbocycles. The van der Waals surface area contributed by atoms with E-state index in [4.69, 9.17) is 0 Å². The molecule has 72 valence electrons. The molecule has 0 saturated carbocycles. The Morgan fingerprint density at radius 2 is 2.25 bits per heavy atom. The quantitative estimate of drug-likeness (QED) is 0.484. The van der Waals surface area contributed by atoms with Crippen molar-refractivity contribution in [1.82, 2.24) is 5.32 Å². The van der Waals surface area contributed by atoms with Crippen LogP contribution in [0.5, 0.6) is 0 Å². The molecule has 0 aromatic carbocycles. The van der Waals surface area contributed by atoms with Crippen molar-refractivity contribution in [3.05, 3.63) is 0 Å². The lowest BCUT2D eigenvalue weighted by atomic mass is 10.1. The van der Waals surface area contributed by atoms with Crippen LogP contribution in [0, 0.1) is 5.92 Å². The first-order valence-electron chi connectivity index (χ1n) is 4.48. The summed E-state index contributed by atoms with van der Waals surface area (Å²) in [5.41, 5.74) is 0. The van der Waals surface area contributed by atoms with Gasteiger partial charge in [0.2, 0.25) is 0 Å². The fourth-order valence-electron chi connectivity index (χ4n) is 0.815. The van der Waals surface area contributed by atoms with Crippen molar-refractivity contribution < 1.29 is 9.53 Å². The highest BCUT2D eigenvalue weighted by molar-refractivity contribution is 5.71. The van der Waals surface area contributed by atoms with Crippen LogP contribution in [-0.2, 0) is 9.53 Å². The van der Waals surface area contributed by atoms with Gasteiger partial charge in [-0.05, 0) is 18.9 Å². The molecular weight excluding hydrogens is 154 g/mol. The summed E-state index contributed by atoms with van der Waals surface area (Å²) in [6, 6.07) is 0. The normalized spacial score (nSPS) is 12.6. The number of hydrogen-bond acceptors (Lipinski definition) is 3. The van der Waals surface area contributed by atoms with E-state index in [1.807, 2.05) is 0 Å². The van der Waals surface area contributed by atoms with Gasteiger partial charge in [-0.2, -0.15) is 0 Å². The van der Waals surface area contributed by atoms with E-state index in [1.54, 1.807) is 0 Å². The van der Waals surface area contributed by atoms with Crippen molar-refractivity contribution in [2.24, 2.45) is 5.92 Å². The molecule has 1 N–H and O–H groups in total. The SMILES string of the molecule is CCC(C)CCNCC(=O)OC. The molecule has 0 radical (unpaired) electrons. The second kappa shape index (κ2) is 7.10. The number of esters is 1. The fraction of sp³-hybridized carbons (Fsp3) is 0.889. The lowest BCUT2D eigenvalue weighted by Gasteiger charge is -2.07. The molecule has 3 heteroatoms. The van der Waals surface area contributed by atoms with Gasteiger partial charge in [0.05, 0.1) is 13.7 Å². The minimum Gasteiger partial charge on any atom is -0.468 e. The highest BCUT2D eigenvalue weighted by atomic mass is 16.5. The Labute approximate surface area is 74.5 Å². The molecule has 0 fully saturated rings. The van der Waals surface area contributed by atoms with Gasteiger partial charge in [0.15, 0.2) is 0 Å². The molecule has 0 aromatic heterocycles. The molecule has 1 atom stereocenters. The Hall–Kier alpha value is -0.570. The van der Waals surface area contributed by atoms with Crippen LogP contribution < -0.4 is 5.32 Å². The molecule has 0 heterocycles. The zero-order valence-electron chi connectivity index (χ0n) is 8.22. The first kappa shape index (κ1) is 11.4. The summed E-state index contributed by atoms with van der Waals surface area (Å²) < 4.78 is 4.48. The van der Waals surface area contributed by atoms with E-state index in [1.165, 1.54) is 13.5 Å². The molecule has 0 aliphatic rings. The van der Waals surface area contributed by atoms with Crippen molar-refractivity contribution in [1.29, 1.82) is 0 Å². The third-order valence-electron chi connectivity index (χ3n) is 2.01. The largest absolute Gasteiger partial charge is 0.468 e. The highest BCUT2D eigenvalue weighted by Crippen LogP contribution is 2.03. The number of carbonyl (C=O) groups is 1. The third-order valence-corrected chi connectivity index (χ3v) is 2.01. The Balaban J connectivity index is 3.15. The van der Waals surface area contributed by atoms with E-state index < -0.39 is 0 Å². The fourth-order valence-corrected chi connectivity index (χ4v) is 0.815. The van der Waals surface area contributed by atoms with Crippen molar-refractivity contribution in [2.45, 2.75) is 26.7 Å². The summed E-state index contributed by atoms with van der Waals surface area (Å²) in [7, 11) is 1.40. The molecule has 12 heavy (non-hydrogen) atoms. The van der Waals surface area contributed by atoms with E-state index in [9.17, 15) is 4.79 Å². The highest BCUT2D eigenvalue weighted by Gasteiger charge is 2.00. The van der Waals surface area contributed by atoms with Crippen LogP contribution in [0.4, 0.5) is 0 Å². The number of carbonyl (C=O) groups excluding carboxylic acids is 1.